The van der Waals surface area contributed by atoms with Crippen molar-refractivity contribution in [2.45, 2.75) is 53.1 Å². The van der Waals surface area contributed by atoms with Gasteiger partial charge in [-0.05, 0) is 56.0 Å². The van der Waals surface area contributed by atoms with Crippen LogP contribution in [0.5, 0.6) is 5.75 Å². The second-order valence-corrected chi connectivity index (χ2v) is 8.67. The monoisotopic (exact) mass is 444 g/mol. The molecule has 5 nitrogen and oxygen atoms in total. The molecular weight excluding hydrogens is 412 g/mol. The third kappa shape index (κ3) is 8.62. The summed E-state index contributed by atoms with van der Waals surface area (Å²) in [6.07, 6.45) is 0.868. The van der Waals surface area contributed by atoms with Crippen molar-refractivity contribution in [3.05, 3.63) is 64.7 Å². The minimum absolute atomic E-state index is 0.0836. The predicted octanol–water partition coefficient (Wildman–Crippen LogP) is 5.00. The summed E-state index contributed by atoms with van der Waals surface area (Å²) in [4.78, 5) is 27.3. The quantitative estimate of drug-likeness (QED) is 0.496. The van der Waals surface area contributed by atoms with Crippen molar-refractivity contribution >= 4 is 23.4 Å². The number of aryl methyl sites for hydroxylation is 1. The van der Waals surface area contributed by atoms with Crippen LogP contribution in [0.25, 0.3) is 0 Å². The number of ether oxygens (including phenoxy) is 1. The van der Waals surface area contributed by atoms with Crippen LogP contribution in [0.15, 0.2) is 48.5 Å². The topological polar surface area (TPSA) is 58.6 Å². The highest BCUT2D eigenvalue weighted by Gasteiger charge is 2.26. The van der Waals surface area contributed by atoms with Crippen molar-refractivity contribution in [2.24, 2.45) is 5.92 Å². The van der Waals surface area contributed by atoms with Crippen molar-refractivity contribution in [3.63, 3.8) is 0 Å². The maximum Gasteiger partial charge on any atom is 0.242 e. The molecule has 0 radical (unpaired) electrons. The van der Waals surface area contributed by atoms with E-state index in [-0.39, 0.29) is 11.8 Å². The second kappa shape index (κ2) is 12.4. The Morgan fingerprint density at radius 3 is 2.45 bits per heavy atom. The van der Waals surface area contributed by atoms with Gasteiger partial charge in [0.2, 0.25) is 11.8 Å². The van der Waals surface area contributed by atoms with Crippen LogP contribution in [0.1, 0.15) is 44.7 Å². The molecule has 6 heteroatoms. The van der Waals surface area contributed by atoms with Crippen molar-refractivity contribution in [1.82, 2.24) is 10.2 Å². The van der Waals surface area contributed by atoms with Crippen LogP contribution in [0, 0.1) is 12.8 Å². The molecule has 0 saturated heterocycles. The zero-order valence-electron chi connectivity index (χ0n) is 18.9. The van der Waals surface area contributed by atoms with Gasteiger partial charge >= 0.3 is 0 Å². The van der Waals surface area contributed by atoms with Gasteiger partial charge < -0.3 is 15.0 Å². The molecular formula is C25H33ClN2O3. The molecule has 2 aromatic rings. The van der Waals surface area contributed by atoms with E-state index in [0.29, 0.717) is 43.5 Å². The lowest BCUT2D eigenvalue weighted by Gasteiger charge is -2.29. The molecule has 0 fully saturated rings. The Labute approximate surface area is 190 Å². The van der Waals surface area contributed by atoms with Gasteiger partial charge in [0.15, 0.2) is 0 Å². The molecule has 0 heterocycles. The largest absolute Gasteiger partial charge is 0.494 e. The summed E-state index contributed by atoms with van der Waals surface area (Å²) in [6.45, 7) is 9.20. The SMILES string of the molecule is Cc1ccc(OCCCC(=O)N(Cc2cccc(Cl)c2)[C@@H](C)C(=O)NCC(C)C)cc1. The molecule has 0 bridgehead atoms. The van der Waals surface area contributed by atoms with Crippen molar-refractivity contribution in [2.75, 3.05) is 13.2 Å². The maximum absolute atomic E-state index is 13.0. The van der Waals surface area contributed by atoms with E-state index >= 15 is 0 Å². The average molecular weight is 445 g/mol. The molecule has 0 aromatic heterocycles. The number of nitrogens with zero attached hydrogens (tertiary/aromatic N) is 1. The summed E-state index contributed by atoms with van der Waals surface area (Å²) in [5.41, 5.74) is 2.06. The molecule has 1 atom stereocenters. The van der Waals surface area contributed by atoms with E-state index in [1.165, 1.54) is 5.56 Å². The summed E-state index contributed by atoms with van der Waals surface area (Å²) in [5.74, 6) is 0.891. The first-order valence-electron chi connectivity index (χ1n) is 10.8. The van der Waals surface area contributed by atoms with E-state index in [4.69, 9.17) is 16.3 Å². The van der Waals surface area contributed by atoms with Crippen LogP contribution in [0.2, 0.25) is 5.02 Å². The van der Waals surface area contributed by atoms with Crippen molar-refractivity contribution in [3.8, 4) is 5.75 Å². The fourth-order valence-corrected chi connectivity index (χ4v) is 3.27. The van der Waals surface area contributed by atoms with Crippen LogP contribution in [-0.2, 0) is 16.1 Å². The van der Waals surface area contributed by atoms with Gasteiger partial charge in [0.1, 0.15) is 11.8 Å². The van der Waals surface area contributed by atoms with Crippen LogP contribution in [-0.4, -0.2) is 35.9 Å². The number of carbonyl (C=O) groups excluding carboxylic acids is 2. The minimum Gasteiger partial charge on any atom is -0.494 e. The molecule has 168 valence electrons. The highest BCUT2D eigenvalue weighted by atomic mass is 35.5. The van der Waals surface area contributed by atoms with E-state index < -0.39 is 6.04 Å². The van der Waals surface area contributed by atoms with Gasteiger partial charge in [-0.2, -0.15) is 0 Å². The van der Waals surface area contributed by atoms with E-state index in [0.717, 1.165) is 11.3 Å². The van der Waals surface area contributed by atoms with E-state index in [2.05, 4.69) is 5.32 Å². The first-order chi connectivity index (χ1) is 14.8. The zero-order chi connectivity index (χ0) is 22.8. The normalized spacial score (nSPS) is 11.8. The molecule has 0 saturated carbocycles. The molecule has 2 amide bonds. The Morgan fingerprint density at radius 2 is 1.81 bits per heavy atom. The summed E-state index contributed by atoms with van der Waals surface area (Å²) in [5, 5.41) is 3.53. The summed E-state index contributed by atoms with van der Waals surface area (Å²) in [6, 6.07) is 14.6. The van der Waals surface area contributed by atoms with Gasteiger partial charge in [0.25, 0.3) is 0 Å². The fraction of sp³-hybridized carbons (Fsp3) is 0.440. The number of hydrogen-bond acceptors (Lipinski definition) is 3. The lowest BCUT2D eigenvalue weighted by atomic mass is 10.1. The number of halogens is 1. The number of rotatable bonds is 11. The Bertz CT molecular complexity index is 852. The van der Waals surface area contributed by atoms with E-state index in [1.807, 2.05) is 63.2 Å². The van der Waals surface area contributed by atoms with Gasteiger partial charge in [-0.3, -0.25) is 9.59 Å². The summed E-state index contributed by atoms with van der Waals surface area (Å²) in [7, 11) is 0. The Kier molecular flexibility index (Phi) is 9.86. The predicted molar refractivity (Wildman–Crippen MR) is 125 cm³/mol. The zero-order valence-corrected chi connectivity index (χ0v) is 19.6. The Hall–Kier alpha value is -2.53. The minimum atomic E-state index is -0.580. The van der Waals surface area contributed by atoms with Gasteiger partial charge in [-0.1, -0.05) is 55.3 Å². The van der Waals surface area contributed by atoms with Gasteiger partial charge in [0, 0.05) is 24.5 Å². The number of hydrogen-bond donors (Lipinski definition) is 1. The average Bonchev–Trinajstić information content (AvgIpc) is 2.74. The van der Waals surface area contributed by atoms with Gasteiger partial charge in [-0.15, -0.1) is 0 Å². The molecule has 2 rings (SSSR count). The molecule has 1 N–H and O–H groups in total. The number of nitrogens with one attached hydrogen (secondary N) is 1. The molecule has 0 spiro atoms. The first-order valence-corrected chi connectivity index (χ1v) is 11.1. The second-order valence-electron chi connectivity index (χ2n) is 8.23. The summed E-state index contributed by atoms with van der Waals surface area (Å²) >= 11 is 6.11. The lowest BCUT2D eigenvalue weighted by Crippen LogP contribution is -2.48. The van der Waals surface area contributed by atoms with Crippen LogP contribution in [0.3, 0.4) is 0 Å². The molecule has 0 aliphatic heterocycles. The standard InChI is InChI=1S/C25H33ClN2O3/c1-18(2)16-27-25(30)20(4)28(17-21-7-5-8-22(26)15-21)24(29)9-6-14-31-23-12-10-19(3)11-13-23/h5,7-8,10-13,15,18,20H,6,9,14,16-17H2,1-4H3,(H,27,30)/t20-/m0/s1. The fourth-order valence-electron chi connectivity index (χ4n) is 3.06. The first kappa shape index (κ1) is 24.7. The van der Waals surface area contributed by atoms with Crippen LogP contribution >= 0.6 is 11.6 Å². The third-order valence-electron chi connectivity index (χ3n) is 4.92. The molecule has 0 unspecified atom stereocenters. The van der Waals surface area contributed by atoms with Crippen LogP contribution < -0.4 is 10.1 Å². The van der Waals surface area contributed by atoms with E-state index in [9.17, 15) is 9.59 Å². The Morgan fingerprint density at radius 1 is 1.10 bits per heavy atom. The van der Waals surface area contributed by atoms with Crippen LogP contribution in [0.4, 0.5) is 0 Å². The molecule has 0 aliphatic rings. The molecule has 31 heavy (non-hydrogen) atoms. The number of amides is 2. The lowest BCUT2D eigenvalue weighted by molar-refractivity contribution is -0.140. The molecule has 2 aromatic carbocycles. The van der Waals surface area contributed by atoms with Gasteiger partial charge in [-0.25, -0.2) is 0 Å². The van der Waals surface area contributed by atoms with E-state index in [1.54, 1.807) is 17.9 Å². The highest BCUT2D eigenvalue weighted by molar-refractivity contribution is 6.30. The smallest absolute Gasteiger partial charge is 0.242 e. The number of benzene rings is 2. The van der Waals surface area contributed by atoms with Gasteiger partial charge in [0.05, 0.1) is 6.61 Å². The van der Waals surface area contributed by atoms with Crippen molar-refractivity contribution < 1.29 is 14.3 Å². The Balaban J connectivity index is 1.98. The molecule has 0 aliphatic carbocycles. The summed E-state index contributed by atoms with van der Waals surface area (Å²) < 4.78 is 5.73. The van der Waals surface area contributed by atoms with Crippen molar-refractivity contribution in [1.29, 1.82) is 0 Å². The third-order valence-corrected chi connectivity index (χ3v) is 5.15. The highest BCUT2D eigenvalue weighted by Crippen LogP contribution is 2.17. The maximum atomic E-state index is 13.0. The number of carbonyl (C=O) groups is 2.